The predicted molar refractivity (Wildman–Crippen MR) is 76.4 cm³/mol. The van der Waals surface area contributed by atoms with Crippen molar-refractivity contribution in [2.45, 2.75) is 19.9 Å². The van der Waals surface area contributed by atoms with Crippen molar-refractivity contribution in [2.24, 2.45) is 0 Å². The summed E-state index contributed by atoms with van der Waals surface area (Å²) in [6, 6.07) is 4.07. The van der Waals surface area contributed by atoms with Crippen molar-refractivity contribution in [3.63, 3.8) is 0 Å². The highest BCUT2D eigenvalue weighted by Gasteiger charge is 2.21. The number of hydrogen-bond donors (Lipinski definition) is 1. The molecule has 0 atom stereocenters. The van der Waals surface area contributed by atoms with Crippen molar-refractivity contribution in [2.75, 3.05) is 38.5 Å². The smallest absolute Gasteiger partial charge is 0.272 e. The topological polar surface area (TPSA) is 48.5 Å². The quantitative estimate of drug-likeness (QED) is 0.891. The highest BCUT2D eigenvalue weighted by atomic mass is 16.2. The molecule has 1 aromatic heterocycles. The summed E-state index contributed by atoms with van der Waals surface area (Å²) in [6.45, 7) is 7.57. The van der Waals surface area contributed by atoms with Crippen LogP contribution in [0.15, 0.2) is 18.3 Å². The number of piperazine rings is 1. The molecule has 1 saturated heterocycles. The van der Waals surface area contributed by atoms with E-state index in [9.17, 15) is 4.79 Å². The fourth-order valence-electron chi connectivity index (χ4n) is 2.11. The van der Waals surface area contributed by atoms with Gasteiger partial charge < -0.3 is 15.1 Å². The largest absolute Gasteiger partial charge is 0.382 e. The Kier molecular flexibility index (Phi) is 4.37. The van der Waals surface area contributed by atoms with Crippen molar-refractivity contribution in [3.05, 3.63) is 24.0 Å². The van der Waals surface area contributed by atoms with Crippen LogP contribution in [0.5, 0.6) is 0 Å². The summed E-state index contributed by atoms with van der Waals surface area (Å²) < 4.78 is 0. The summed E-state index contributed by atoms with van der Waals surface area (Å²) in [5.41, 5.74) is 1.48. The highest BCUT2D eigenvalue weighted by Crippen LogP contribution is 2.10. The Morgan fingerprint density at radius 1 is 1.26 bits per heavy atom. The molecule has 5 heteroatoms. The molecule has 0 unspecified atom stereocenters. The normalized spacial score (nSPS) is 16.7. The number of aromatic nitrogens is 1. The summed E-state index contributed by atoms with van der Waals surface area (Å²) in [7, 11) is 2.08. The van der Waals surface area contributed by atoms with Gasteiger partial charge in [0.15, 0.2) is 0 Å². The third-order valence-corrected chi connectivity index (χ3v) is 3.23. The molecule has 0 aliphatic carbocycles. The van der Waals surface area contributed by atoms with Crippen molar-refractivity contribution >= 4 is 11.6 Å². The molecule has 1 N–H and O–H groups in total. The van der Waals surface area contributed by atoms with Gasteiger partial charge in [0, 0.05) is 32.2 Å². The van der Waals surface area contributed by atoms with Gasteiger partial charge in [-0.15, -0.1) is 0 Å². The fourth-order valence-corrected chi connectivity index (χ4v) is 2.11. The molecular formula is C14H22N4O. The third kappa shape index (κ3) is 3.67. The number of pyridine rings is 1. The SMILES string of the molecule is CC(C)Nc1ccc(C(=O)N2CCN(C)CC2)nc1. The van der Waals surface area contributed by atoms with Crippen LogP contribution in [0.3, 0.4) is 0 Å². The van der Waals surface area contributed by atoms with Gasteiger partial charge in [0.05, 0.1) is 11.9 Å². The molecule has 1 fully saturated rings. The van der Waals surface area contributed by atoms with Gasteiger partial charge in [-0.25, -0.2) is 4.98 Å². The van der Waals surface area contributed by atoms with Gasteiger partial charge in [-0.05, 0) is 33.0 Å². The van der Waals surface area contributed by atoms with E-state index < -0.39 is 0 Å². The van der Waals surface area contributed by atoms with Crippen molar-refractivity contribution < 1.29 is 4.79 Å². The highest BCUT2D eigenvalue weighted by molar-refractivity contribution is 5.92. The second-order valence-electron chi connectivity index (χ2n) is 5.33. The summed E-state index contributed by atoms with van der Waals surface area (Å²) in [4.78, 5) is 20.6. The van der Waals surface area contributed by atoms with Crippen LogP contribution < -0.4 is 5.32 Å². The zero-order valence-corrected chi connectivity index (χ0v) is 11.9. The molecule has 0 radical (unpaired) electrons. The molecule has 0 aromatic carbocycles. The number of likely N-dealkylation sites (N-methyl/N-ethyl adjacent to an activating group) is 1. The van der Waals surface area contributed by atoms with E-state index >= 15 is 0 Å². The first kappa shape index (κ1) is 13.8. The lowest BCUT2D eigenvalue weighted by Crippen LogP contribution is -2.47. The number of hydrogen-bond acceptors (Lipinski definition) is 4. The van der Waals surface area contributed by atoms with E-state index in [2.05, 4.69) is 36.1 Å². The monoisotopic (exact) mass is 262 g/mol. The minimum Gasteiger partial charge on any atom is -0.382 e. The van der Waals surface area contributed by atoms with Gasteiger partial charge >= 0.3 is 0 Å². The predicted octanol–water partition coefficient (Wildman–Crippen LogP) is 1.29. The number of amides is 1. The van der Waals surface area contributed by atoms with E-state index in [1.165, 1.54) is 0 Å². The van der Waals surface area contributed by atoms with Crippen LogP contribution >= 0.6 is 0 Å². The van der Waals surface area contributed by atoms with Crippen LogP contribution in [0, 0.1) is 0 Å². The molecule has 19 heavy (non-hydrogen) atoms. The van der Waals surface area contributed by atoms with Gasteiger partial charge in [-0.2, -0.15) is 0 Å². The maximum Gasteiger partial charge on any atom is 0.272 e. The second kappa shape index (κ2) is 6.02. The van der Waals surface area contributed by atoms with Crippen LogP contribution in [0.4, 0.5) is 5.69 Å². The molecule has 1 amide bonds. The van der Waals surface area contributed by atoms with E-state index in [0.29, 0.717) is 11.7 Å². The average molecular weight is 262 g/mol. The maximum atomic E-state index is 12.3. The van der Waals surface area contributed by atoms with Crippen LogP contribution in [-0.2, 0) is 0 Å². The zero-order valence-electron chi connectivity index (χ0n) is 11.9. The maximum absolute atomic E-state index is 12.3. The lowest BCUT2D eigenvalue weighted by molar-refractivity contribution is 0.0658. The van der Waals surface area contributed by atoms with Crippen LogP contribution in [0.2, 0.25) is 0 Å². The molecule has 1 aliphatic rings. The Bertz CT molecular complexity index is 422. The first-order chi connectivity index (χ1) is 9.06. The summed E-state index contributed by atoms with van der Waals surface area (Å²) in [6.07, 6.45) is 1.73. The second-order valence-corrected chi connectivity index (χ2v) is 5.33. The lowest BCUT2D eigenvalue weighted by atomic mass is 10.2. The molecule has 1 aliphatic heterocycles. The minimum absolute atomic E-state index is 0.0317. The first-order valence-electron chi connectivity index (χ1n) is 6.76. The Hall–Kier alpha value is -1.62. The average Bonchev–Trinajstić information content (AvgIpc) is 2.39. The summed E-state index contributed by atoms with van der Waals surface area (Å²) in [5.74, 6) is 0.0317. The molecule has 0 spiro atoms. The number of nitrogens with zero attached hydrogens (tertiary/aromatic N) is 3. The molecule has 0 bridgehead atoms. The van der Waals surface area contributed by atoms with Gasteiger partial charge in [0.1, 0.15) is 5.69 Å². The molecule has 5 nitrogen and oxygen atoms in total. The Labute approximate surface area is 114 Å². The third-order valence-electron chi connectivity index (χ3n) is 3.23. The number of carbonyl (C=O) groups excluding carboxylic acids is 1. The van der Waals surface area contributed by atoms with Gasteiger partial charge in [0.25, 0.3) is 5.91 Å². The number of carbonyl (C=O) groups is 1. The number of nitrogens with one attached hydrogen (secondary N) is 1. The Morgan fingerprint density at radius 2 is 1.95 bits per heavy atom. The Morgan fingerprint density at radius 3 is 2.47 bits per heavy atom. The number of rotatable bonds is 3. The fraction of sp³-hybridized carbons (Fsp3) is 0.571. The summed E-state index contributed by atoms with van der Waals surface area (Å²) >= 11 is 0. The van der Waals surface area contributed by atoms with E-state index in [1.807, 2.05) is 11.0 Å². The van der Waals surface area contributed by atoms with E-state index in [4.69, 9.17) is 0 Å². The van der Waals surface area contributed by atoms with Crippen LogP contribution in [-0.4, -0.2) is 60.0 Å². The number of anilines is 1. The molecule has 2 heterocycles. The molecule has 2 rings (SSSR count). The van der Waals surface area contributed by atoms with Gasteiger partial charge in [-0.1, -0.05) is 0 Å². The minimum atomic E-state index is 0.0317. The van der Waals surface area contributed by atoms with Crippen LogP contribution in [0.1, 0.15) is 24.3 Å². The van der Waals surface area contributed by atoms with Crippen molar-refractivity contribution in [1.82, 2.24) is 14.8 Å². The molecule has 104 valence electrons. The van der Waals surface area contributed by atoms with Crippen LogP contribution in [0.25, 0.3) is 0 Å². The van der Waals surface area contributed by atoms with Crippen molar-refractivity contribution in [1.29, 1.82) is 0 Å². The Balaban J connectivity index is 1.99. The van der Waals surface area contributed by atoms with E-state index in [-0.39, 0.29) is 5.91 Å². The van der Waals surface area contributed by atoms with Crippen molar-refractivity contribution in [3.8, 4) is 0 Å². The summed E-state index contributed by atoms with van der Waals surface area (Å²) in [5, 5.41) is 3.26. The van der Waals surface area contributed by atoms with E-state index in [1.54, 1.807) is 12.3 Å². The standard InChI is InChI=1S/C14H22N4O/c1-11(2)16-12-4-5-13(15-10-12)14(19)18-8-6-17(3)7-9-18/h4-5,10-11,16H,6-9H2,1-3H3. The van der Waals surface area contributed by atoms with E-state index in [0.717, 1.165) is 31.9 Å². The van der Waals surface area contributed by atoms with Gasteiger partial charge in [-0.3, -0.25) is 4.79 Å². The first-order valence-corrected chi connectivity index (χ1v) is 6.76. The zero-order chi connectivity index (χ0) is 13.8. The molecular weight excluding hydrogens is 240 g/mol. The molecule has 1 aromatic rings. The molecule has 0 saturated carbocycles. The van der Waals surface area contributed by atoms with Gasteiger partial charge in [0.2, 0.25) is 0 Å². The lowest BCUT2D eigenvalue weighted by Gasteiger charge is -2.32.